The zero-order chi connectivity index (χ0) is 14.0. The summed E-state index contributed by atoms with van der Waals surface area (Å²) < 4.78 is 13.1. The number of carbonyl (C=O) groups excluding carboxylic acids is 1. The molecule has 102 valence electrons. The van der Waals surface area contributed by atoms with E-state index < -0.39 is 23.2 Å². The number of rotatable bonds is 4. The summed E-state index contributed by atoms with van der Waals surface area (Å²) in [7, 11) is 0. The molecule has 5 nitrogen and oxygen atoms in total. The van der Waals surface area contributed by atoms with Crippen LogP contribution in [0.1, 0.15) is 36.0 Å². The summed E-state index contributed by atoms with van der Waals surface area (Å²) in [5.41, 5.74) is 5.11. The van der Waals surface area contributed by atoms with Crippen molar-refractivity contribution in [1.82, 2.24) is 5.32 Å². The minimum absolute atomic E-state index is 0.0386. The Balaban J connectivity index is 2.16. The number of anilines is 1. The second-order valence-corrected chi connectivity index (χ2v) is 4.89. The molecule has 0 bridgehead atoms. The topological polar surface area (TPSA) is 92.4 Å². The van der Waals surface area contributed by atoms with Crippen LogP contribution in [-0.4, -0.2) is 22.5 Å². The fourth-order valence-electron chi connectivity index (χ4n) is 2.27. The lowest BCUT2D eigenvalue weighted by Gasteiger charge is -2.41. The average Bonchev–Trinajstić information content (AvgIpc) is 2.28. The van der Waals surface area contributed by atoms with E-state index >= 15 is 0 Å². The summed E-state index contributed by atoms with van der Waals surface area (Å²) in [6.45, 7) is 0. The number of carboxylic acid groups (broad SMARTS) is 1. The van der Waals surface area contributed by atoms with Crippen LogP contribution < -0.4 is 11.1 Å². The van der Waals surface area contributed by atoms with Gasteiger partial charge in [0.25, 0.3) is 5.91 Å². The fraction of sp³-hybridized carbons (Fsp3) is 0.385. The summed E-state index contributed by atoms with van der Waals surface area (Å²) in [5, 5.41) is 11.5. The lowest BCUT2D eigenvalue weighted by molar-refractivity contribution is -0.139. The lowest BCUT2D eigenvalue weighted by atomic mass is 9.74. The van der Waals surface area contributed by atoms with Crippen molar-refractivity contribution in [2.24, 2.45) is 0 Å². The van der Waals surface area contributed by atoms with E-state index in [1.807, 2.05) is 0 Å². The fourth-order valence-corrected chi connectivity index (χ4v) is 2.27. The number of nitrogens with one attached hydrogen (secondary N) is 1. The van der Waals surface area contributed by atoms with Crippen molar-refractivity contribution >= 4 is 17.6 Å². The van der Waals surface area contributed by atoms with Gasteiger partial charge in [-0.3, -0.25) is 9.59 Å². The Labute approximate surface area is 109 Å². The van der Waals surface area contributed by atoms with Gasteiger partial charge >= 0.3 is 5.97 Å². The molecular weight excluding hydrogens is 251 g/mol. The quantitative estimate of drug-likeness (QED) is 0.721. The summed E-state index contributed by atoms with van der Waals surface area (Å²) in [5.74, 6) is -2.05. The summed E-state index contributed by atoms with van der Waals surface area (Å²) in [6, 6.07) is 3.54. The van der Waals surface area contributed by atoms with E-state index in [0.717, 1.165) is 12.5 Å². The van der Waals surface area contributed by atoms with Gasteiger partial charge in [-0.15, -0.1) is 0 Å². The van der Waals surface area contributed by atoms with Crippen molar-refractivity contribution in [2.75, 3.05) is 5.73 Å². The highest BCUT2D eigenvalue weighted by Gasteiger charge is 2.40. The van der Waals surface area contributed by atoms with Crippen molar-refractivity contribution in [3.05, 3.63) is 29.6 Å². The number of nitrogen functional groups attached to an aromatic ring is 1. The molecule has 4 N–H and O–H groups in total. The first kappa shape index (κ1) is 13.3. The number of nitrogens with two attached hydrogens (primary N) is 1. The number of carboxylic acids is 1. The number of hydrogen-bond donors (Lipinski definition) is 3. The third-order valence-corrected chi connectivity index (χ3v) is 3.44. The molecule has 0 aliphatic heterocycles. The number of halogens is 1. The Morgan fingerprint density at radius 2 is 2.11 bits per heavy atom. The van der Waals surface area contributed by atoms with Gasteiger partial charge in [0.15, 0.2) is 0 Å². The van der Waals surface area contributed by atoms with Crippen molar-refractivity contribution in [3.63, 3.8) is 0 Å². The van der Waals surface area contributed by atoms with E-state index in [0.29, 0.717) is 12.8 Å². The number of hydrogen-bond acceptors (Lipinski definition) is 3. The first-order chi connectivity index (χ1) is 8.92. The monoisotopic (exact) mass is 266 g/mol. The molecule has 1 aromatic rings. The SMILES string of the molecule is Nc1ccc(F)cc1C(=O)NC1(CC(=O)O)CCC1. The van der Waals surface area contributed by atoms with Crippen LogP contribution in [0.4, 0.5) is 10.1 Å². The molecule has 0 atom stereocenters. The molecule has 19 heavy (non-hydrogen) atoms. The van der Waals surface area contributed by atoms with Crippen LogP contribution in [0.3, 0.4) is 0 Å². The highest BCUT2D eigenvalue weighted by Crippen LogP contribution is 2.35. The standard InChI is InChI=1S/C13H15FN2O3/c14-8-2-3-10(15)9(6-8)12(19)16-13(4-1-5-13)7-11(17)18/h2-3,6H,1,4-5,7,15H2,(H,16,19)(H,17,18). The Kier molecular flexibility index (Phi) is 3.42. The van der Waals surface area contributed by atoms with Gasteiger partial charge in [-0.2, -0.15) is 0 Å². The molecule has 0 radical (unpaired) electrons. The number of benzene rings is 1. The van der Waals surface area contributed by atoms with Crippen molar-refractivity contribution in [1.29, 1.82) is 0 Å². The first-order valence-corrected chi connectivity index (χ1v) is 6.01. The van der Waals surface area contributed by atoms with E-state index in [1.54, 1.807) is 0 Å². The molecule has 1 fully saturated rings. The summed E-state index contributed by atoms with van der Waals surface area (Å²) >= 11 is 0. The zero-order valence-corrected chi connectivity index (χ0v) is 10.3. The van der Waals surface area contributed by atoms with Crippen molar-refractivity contribution in [2.45, 2.75) is 31.2 Å². The minimum atomic E-state index is -0.966. The van der Waals surface area contributed by atoms with E-state index in [-0.39, 0.29) is 17.7 Å². The summed E-state index contributed by atoms with van der Waals surface area (Å²) in [6.07, 6.45) is 1.96. The smallest absolute Gasteiger partial charge is 0.305 e. The number of aliphatic carboxylic acids is 1. The van der Waals surface area contributed by atoms with Gasteiger partial charge in [0, 0.05) is 5.69 Å². The van der Waals surface area contributed by atoms with Gasteiger partial charge in [0.05, 0.1) is 17.5 Å². The van der Waals surface area contributed by atoms with E-state index in [2.05, 4.69) is 5.32 Å². The molecule has 0 saturated heterocycles. The van der Waals surface area contributed by atoms with E-state index in [1.165, 1.54) is 12.1 Å². The van der Waals surface area contributed by atoms with Crippen LogP contribution in [0.2, 0.25) is 0 Å². The van der Waals surface area contributed by atoms with Crippen LogP contribution in [0.15, 0.2) is 18.2 Å². The summed E-state index contributed by atoms with van der Waals surface area (Å²) in [4.78, 5) is 22.9. The predicted octanol–water partition coefficient (Wildman–Crippen LogP) is 1.54. The van der Waals surface area contributed by atoms with Crippen LogP contribution in [0.5, 0.6) is 0 Å². The first-order valence-electron chi connectivity index (χ1n) is 6.01. The largest absolute Gasteiger partial charge is 0.481 e. The molecule has 0 spiro atoms. The molecule has 6 heteroatoms. The average molecular weight is 266 g/mol. The molecular formula is C13H15FN2O3. The Morgan fingerprint density at radius 1 is 1.42 bits per heavy atom. The molecule has 1 amide bonds. The Bertz CT molecular complexity index is 527. The molecule has 0 unspecified atom stereocenters. The maximum absolute atomic E-state index is 13.1. The van der Waals surface area contributed by atoms with Crippen LogP contribution >= 0.6 is 0 Å². The van der Waals surface area contributed by atoms with E-state index in [4.69, 9.17) is 10.8 Å². The van der Waals surface area contributed by atoms with Gasteiger partial charge in [-0.25, -0.2) is 4.39 Å². The highest BCUT2D eigenvalue weighted by molar-refractivity contribution is 5.99. The third kappa shape index (κ3) is 2.83. The van der Waals surface area contributed by atoms with Gasteiger partial charge in [-0.05, 0) is 37.5 Å². The van der Waals surface area contributed by atoms with Gasteiger partial charge in [0.2, 0.25) is 0 Å². The Morgan fingerprint density at radius 3 is 2.63 bits per heavy atom. The van der Waals surface area contributed by atoms with E-state index in [9.17, 15) is 14.0 Å². The zero-order valence-electron chi connectivity index (χ0n) is 10.3. The van der Waals surface area contributed by atoms with Crippen LogP contribution in [0, 0.1) is 5.82 Å². The third-order valence-electron chi connectivity index (χ3n) is 3.44. The lowest BCUT2D eigenvalue weighted by Crippen LogP contribution is -2.54. The number of carbonyl (C=O) groups is 2. The molecule has 0 heterocycles. The number of amides is 1. The molecule has 1 aliphatic rings. The van der Waals surface area contributed by atoms with Crippen LogP contribution in [0.25, 0.3) is 0 Å². The Hall–Kier alpha value is -2.11. The normalized spacial score (nSPS) is 16.5. The second kappa shape index (κ2) is 4.87. The maximum atomic E-state index is 13.1. The van der Waals surface area contributed by atoms with Crippen molar-refractivity contribution in [3.8, 4) is 0 Å². The molecule has 1 saturated carbocycles. The molecule has 1 aromatic carbocycles. The maximum Gasteiger partial charge on any atom is 0.305 e. The van der Waals surface area contributed by atoms with Crippen LogP contribution in [-0.2, 0) is 4.79 Å². The van der Waals surface area contributed by atoms with Gasteiger partial charge < -0.3 is 16.2 Å². The molecule has 1 aliphatic carbocycles. The molecule has 0 aromatic heterocycles. The van der Waals surface area contributed by atoms with Gasteiger partial charge in [0.1, 0.15) is 5.82 Å². The molecule has 2 rings (SSSR count). The second-order valence-electron chi connectivity index (χ2n) is 4.89. The highest BCUT2D eigenvalue weighted by atomic mass is 19.1. The minimum Gasteiger partial charge on any atom is -0.481 e. The predicted molar refractivity (Wildman–Crippen MR) is 67.1 cm³/mol. The van der Waals surface area contributed by atoms with Gasteiger partial charge in [-0.1, -0.05) is 0 Å². The van der Waals surface area contributed by atoms with Crippen molar-refractivity contribution < 1.29 is 19.1 Å².